The molecule has 0 saturated heterocycles. The Kier molecular flexibility index (Phi) is 5.14. The first kappa shape index (κ1) is 15.7. The monoisotopic (exact) mass is 305 g/mol. The van der Waals surface area contributed by atoms with Gasteiger partial charge in [-0.1, -0.05) is 30.1 Å². The van der Waals surface area contributed by atoms with Gasteiger partial charge in [0.1, 0.15) is 5.02 Å². The molecule has 7 heteroatoms. The largest absolute Gasteiger partial charge is 0.469 e. The predicted molar refractivity (Wildman–Crippen MR) is 72.9 cm³/mol. The van der Waals surface area contributed by atoms with E-state index in [-0.39, 0.29) is 23.0 Å². The van der Waals surface area contributed by atoms with Crippen LogP contribution in [0, 0.1) is 17.0 Å². The Morgan fingerprint density at radius 1 is 1.47 bits per heavy atom. The molecule has 0 radical (unpaired) electrons. The molecule has 0 aliphatic carbocycles. The van der Waals surface area contributed by atoms with Gasteiger partial charge >= 0.3 is 5.97 Å². The highest BCUT2D eigenvalue weighted by atomic mass is 35.5. The first-order valence-corrected chi connectivity index (χ1v) is 6.24. The number of carbonyl (C=O) groups is 1. The van der Waals surface area contributed by atoms with Gasteiger partial charge in [-0.2, -0.15) is 0 Å². The van der Waals surface area contributed by atoms with E-state index >= 15 is 0 Å². The van der Waals surface area contributed by atoms with Crippen LogP contribution in [0.5, 0.6) is 0 Å². The average Bonchev–Trinajstić information content (AvgIpc) is 2.35. The van der Waals surface area contributed by atoms with Crippen LogP contribution in [-0.2, 0) is 9.53 Å². The van der Waals surface area contributed by atoms with Crippen molar-refractivity contribution in [3.63, 3.8) is 0 Å². The van der Waals surface area contributed by atoms with Crippen LogP contribution in [-0.4, -0.2) is 18.0 Å². The zero-order valence-electron chi connectivity index (χ0n) is 10.7. The number of hydrogen-bond donors (Lipinski definition) is 0. The predicted octanol–water partition coefficient (Wildman–Crippen LogP) is 3.88. The van der Waals surface area contributed by atoms with Crippen LogP contribution in [0.15, 0.2) is 6.07 Å². The van der Waals surface area contributed by atoms with Gasteiger partial charge in [0.25, 0.3) is 5.69 Å². The standard InChI is InChI=1S/C12H13Cl2NO4/c1-6(4-10(16)19-3)8-5-9(15(17)18)12(14)7(2)11(8)13/h5-6H,4H2,1-3H3. The number of halogens is 2. The summed E-state index contributed by atoms with van der Waals surface area (Å²) in [6, 6.07) is 1.31. The summed E-state index contributed by atoms with van der Waals surface area (Å²) in [5.74, 6) is -0.701. The minimum Gasteiger partial charge on any atom is -0.469 e. The number of carbonyl (C=O) groups excluding carboxylic acids is 1. The molecule has 1 unspecified atom stereocenters. The molecule has 1 aromatic rings. The Morgan fingerprint density at radius 3 is 2.53 bits per heavy atom. The zero-order chi connectivity index (χ0) is 14.7. The summed E-state index contributed by atoms with van der Waals surface area (Å²) in [4.78, 5) is 21.6. The molecule has 5 nitrogen and oxygen atoms in total. The van der Waals surface area contributed by atoms with Gasteiger partial charge in [-0.05, 0) is 24.0 Å². The molecule has 0 spiro atoms. The van der Waals surface area contributed by atoms with Gasteiger partial charge in [0, 0.05) is 11.1 Å². The molecule has 104 valence electrons. The van der Waals surface area contributed by atoms with Crippen LogP contribution in [0.4, 0.5) is 5.69 Å². The fourth-order valence-corrected chi connectivity index (χ4v) is 2.32. The fourth-order valence-electron chi connectivity index (χ4n) is 1.71. The molecule has 1 aromatic carbocycles. The lowest BCUT2D eigenvalue weighted by Gasteiger charge is -2.15. The van der Waals surface area contributed by atoms with Crippen LogP contribution in [0.1, 0.15) is 30.4 Å². The van der Waals surface area contributed by atoms with Crippen LogP contribution in [0.3, 0.4) is 0 Å². The SMILES string of the molecule is COC(=O)CC(C)c1cc([N+](=O)[O-])c(Cl)c(C)c1Cl. The van der Waals surface area contributed by atoms with Crippen LogP contribution in [0.25, 0.3) is 0 Å². The highest BCUT2D eigenvalue weighted by Crippen LogP contribution is 2.39. The second kappa shape index (κ2) is 6.21. The van der Waals surface area contributed by atoms with Gasteiger partial charge in [0.2, 0.25) is 0 Å². The number of nitro groups is 1. The number of methoxy groups -OCH3 is 1. The van der Waals surface area contributed by atoms with Crippen LogP contribution < -0.4 is 0 Å². The van der Waals surface area contributed by atoms with Gasteiger partial charge in [-0.25, -0.2) is 0 Å². The molecule has 0 aliphatic heterocycles. The third-order valence-corrected chi connectivity index (χ3v) is 3.84. The molecule has 19 heavy (non-hydrogen) atoms. The van der Waals surface area contributed by atoms with Crippen molar-refractivity contribution in [1.82, 2.24) is 0 Å². The lowest BCUT2D eigenvalue weighted by molar-refractivity contribution is -0.384. The second-order valence-corrected chi connectivity index (χ2v) is 4.93. The fraction of sp³-hybridized carbons (Fsp3) is 0.417. The number of esters is 1. The molecular formula is C12H13Cl2NO4. The van der Waals surface area contributed by atoms with Crippen LogP contribution >= 0.6 is 23.2 Å². The number of rotatable bonds is 4. The van der Waals surface area contributed by atoms with E-state index in [4.69, 9.17) is 23.2 Å². The minimum atomic E-state index is -0.569. The Hall–Kier alpha value is -1.33. The van der Waals surface area contributed by atoms with Gasteiger partial charge in [-0.15, -0.1) is 0 Å². The lowest BCUT2D eigenvalue weighted by atomic mass is 9.95. The number of nitrogens with zero attached hydrogens (tertiary/aromatic N) is 1. The summed E-state index contributed by atoms with van der Waals surface area (Å²) < 4.78 is 4.57. The summed E-state index contributed by atoms with van der Waals surface area (Å²) in [6.45, 7) is 3.35. The zero-order valence-corrected chi connectivity index (χ0v) is 12.2. The molecule has 0 amide bonds. The Bertz CT molecular complexity index is 531. The van der Waals surface area contributed by atoms with Crippen molar-refractivity contribution < 1.29 is 14.5 Å². The van der Waals surface area contributed by atoms with Crippen molar-refractivity contribution in [1.29, 1.82) is 0 Å². The summed E-state index contributed by atoms with van der Waals surface area (Å²) in [5.41, 5.74) is 0.736. The Balaban J connectivity index is 3.28. The van der Waals surface area contributed by atoms with Crippen molar-refractivity contribution in [3.8, 4) is 0 Å². The Labute approximate surface area is 120 Å². The summed E-state index contributed by atoms with van der Waals surface area (Å²) >= 11 is 12.0. The first-order valence-electron chi connectivity index (χ1n) is 5.49. The van der Waals surface area contributed by atoms with E-state index in [0.29, 0.717) is 16.1 Å². The molecule has 0 aromatic heterocycles. The molecule has 0 aliphatic rings. The second-order valence-electron chi connectivity index (χ2n) is 4.18. The molecule has 0 saturated carbocycles. The number of hydrogen-bond acceptors (Lipinski definition) is 4. The van der Waals surface area contributed by atoms with Gasteiger partial charge in [0.05, 0.1) is 18.5 Å². The van der Waals surface area contributed by atoms with Crippen molar-refractivity contribution in [3.05, 3.63) is 37.4 Å². The van der Waals surface area contributed by atoms with Gasteiger partial charge < -0.3 is 4.74 Å². The van der Waals surface area contributed by atoms with E-state index < -0.39 is 10.9 Å². The quantitative estimate of drug-likeness (QED) is 0.481. The minimum absolute atomic E-state index is 0.0176. The third kappa shape index (κ3) is 3.36. The number of benzene rings is 1. The van der Waals surface area contributed by atoms with Crippen molar-refractivity contribution in [2.75, 3.05) is 7.11 Å². The van der Waals surface area contributed by atoms with E-state index in [0.717, 1.165) is 0 Å². The molecular weight excluding hydrogens is 293 g/mol. The van der Waals surface area contributed by atoms with Gasteiger partial charge in [-0.3, -0.25) is 14.9 Å². The van der Waals surface area contributed by atoms with E-state index in [1.807, 2.05) is 0 Å². The topological polar surface area (TPSA) is 69.4 Å². The third-order valence-electron chi connectivity index (χ3n) is 2.86. The smallest absolute Gasteiger partial charge is 0.306 e. The Morgan fingerprint density at radius 2 is 2.05 bits per heavy atom. The van der Waals surface area contributed by atoms with E-state index in [1.165, 1.54) is 13.2 Å². The van der Waals surface area contributed by atoms with Crippen molar-refractivity contribution >= 4 is 34.9 Å². The average molecular weight is 306 g/mol. The molecule has 1 atom stereocenters. The maximum atomic E-state index is 11.3. The molecule has 0 fully saturated rings. The summed E-state index contributed by atoms with van der Waals surface area (Å²) in [7, 11) is 1.28. The first-order chi connectivity index (χ1) is 8.79. The molecule has 0 N–H and O–H groups in total. The molecule has 0 bridgehead atoms. The highest BCUT2D eigenvalue weighted by molar-refractivity contribution is 6.37. The maximum Gasteiger partial charge on any atom is 0.306 e. The molecule has 0 heterocycles. The highest BCUT2D eigenvalue weighted by Gasteiger charge is 2.24. The summed E-state index contributed by atoms with van der Waals surface area (Å²) in [6.07, 6.45) is 0.0917. The van der Waals surface area contributed by atoms with Gasteiger partial charge in [0.15, 0.2) is 0 Å². The number of nitro benzene ring substituents is 1. The van der Waals surface area contributed by atoms with Crippen molar-refractivity contribution in [2.45, 2.75) is 26.2 Å². The van der Waals surface area contributed by atoms with E-state index in [2.05, 4.69) is 4.74 Å². The summed E-state index contributed by atoms with van der Waals surface area (Å²) in [5, 5.41) is 11.3. The van der Waals surface area contributed by atoms with Crippen molar-refractivity contribution in [2.24, 2.45) is 0 Å². The normalized spacial score (nSPS) is 12.1. The lowest BCUT2D eigenvalue weighted by Crippen LogP contribution is -2.07. The van der Waals surface area contributed by atoms with E-state index in [9.17, 15) is 14.9 Å². The maximum absolute atomic E-state index is 11.3. The molecule has 1 rings (SSSR count). The van der Waals surface area contributed by atoms with E-state index in [1.54, 1.807) is 13.8 Å². The number of ether oxygens (including phenoxy) is 1. The van der Waals surface area contributed by atoms with Crippen LogP contribution in [0.2, 0.25) is 10.0 Å².